The van der Waals surface area contributed by atoms with Crippen molar-refractivity contribution in [1.29, 1.82) is 0 Å². The average molecular weight is 287 g/mol. The van der Waals surface area contributed by atoms with Gasteiger partial charge in [0.2, 0.25) is 10.0 Å². The molecule has 5 N–H and O–H groups in total. The summed E-state index contributed by atoms with van der Waals surface area (Å²) >= 11 is 0. The molecule has 0 bridgehead atoms. The fraction of sp³-hybridized carbons (Fsp3) is 0.364. The molecule has 0 saturated heterocycles. The first-order chi connectivity index (χ1) is 8.83. The summed E-state index contributed by atoms with van der Waals surface area (Å²) in [5.74, 6) is -0.154. The lowest BCUT2D eigenvalue weighted by Gasteiger charge is -2.09. The number of hydrogen-bond donors (Lipinski definition) is 3. The zero-order chi connectivity index (χ0) is 14.5. The number of nitrogen functional groups attached to an aromatic ring is 1. The topological polar surface area (TPSA) is 125 Å². The van der Waals surface area contributed by atoms with Crippen LogP contribution in [0.5, 0.6) is 5.75 Å². The lowest BCUT2D eigenvalue weighted by Crippen LogP contribution is -2.27. The lowest BCUT2D eigenvalue weighted by atomic mass is 10.1. The molecular formula is C11H17N3O4S. The molecule has 1 aromatic rings. The highest BCUT2D eigenvalue weighted by molar-refractivity contribution is 7.89. The fourth-order valence-electron chi connectivity index (χ4n) is 1.47. The first-order valence-corrected chi connectivity index (χ1v) is 7.27. The third kappa shape index (κ3) is 5.14. The van der Waals surface area contributed by atoms with Crippen molar-refractivity contribution < 1.29 is 17.9 Å². The van der Waals surface area contributed by atoms with E-state index in [9.17, 15) is 13.2 Å². The lowest BCUT2D eigenvalue weighted by molar-refractivity contribution is 0.0950. The Morgan fingerprint density at radius 1 is 1.42 bits per heavy atom. The van der Waals surface area contributed by atoms with Gasteiger partial charge in [0.25, 0.3) is 5.91 Å². The average Bonchev–Trinajstić information content (AvgIpc) is 2.33. The van der Waals surface area contributed by atoms with E-state index in [0.29, 0.717) is 17.0 Å². The van der Waals surface area contributed by atoms with Gasteiger partial charge in [-0.25, -0.2) is 13.6 Å². The van der Waals surface area contributed by atoms with Crippen LogP contribution in [0.15, 0.2) is 18.2 Å². The number of hydrogen-bond acceptors (Lipinski definition) is 5. The number of sulfonamides is 1. The van der Waals surface area contributed by atoms with Gasteiger partial charge in [0, 0.05) is 12.2 Å². The quantitative estimate of drug-likeness (QED) is 0.489. The molecule has 0 unspecified atom stereocenters. The Kier molecular flexibility index (Phi) is 5.13. The molecule has 0 atom stereocenters. The van der Waals surface area contributed by atoms with E-state index in [1.807, 2.05) is 0 Å². The van der Waals surface area contributed by atoms with E-state index < -0.39 is 10.0 Å². The number of carbonyl (C=O) groups excluding carboxylic acids is 1. The Labute approximate surface area is 112 Å². The van der Waals surface area contributed by atoms with Crippen molar-refractivity contribution in [3.05, 3.63) is 23.8 Å². The van der Waals surface area contributed by atoms with Gasteiger partial charge >= 0.3 is 0 Å². The molecule has 8 heteroatoms. The summed E-state index contributed by atoms with van der Waals surface area (Å²) in [5, 5.41) is 7.43. The molecule has 106 valence electrons. The van der Waals surface area contributed by atoms with Crippen LogP contribution in [0.3, 0.4) is 0 Å². The minimum Gasteiger partial charge on any atom is -0.496 e. The summed E-state index contributed by atoms with van der Waals surface area (Å²) in [6.07, 6.45) is 0.245. The Bertz CT molecular complexity index is 557. The molecule has 0 spiro atoms. The second-order valence-corrected chi connectivity index (χ2v) is 5.67. The molecule has 0 aliphatic carbocycles. The van der Waals surface area contributed by atoms with Crippen molar-refractivity contribution in [3.63, 3.8) is 0 Å². The van der Waals surface area contributed by atoms with Crippen LogP contribution in [0.1, 0.15) is 16.8 Å². The van der Waals surface area contributed by atoms with Gasteiger partial charge in [-0.2, -0.15) is 0 Å². The van der Waals surface area contributed by atoms with Crippen molar-refractivity contribution in [2.45, 2.75) is 6.42 Å². The normalized spacial score (nSPS) is 11.1. The minimum absolute atomic E-state index is 0.179. The third-order valence-electron chi connectivity index (χ3n) is 2.36. The number of primary sulfonamides is 1. The molecule has 0 fully saturated rings. The van der Waals surface area contributed by atoms with Gasteiger partial charge in [0.05, 0.1) is 18.4 Å². The maximum atomic E-state index is 11.9. The van der Waals surface area contributed by atoms with E-state index in [4.69, 9.17) is 15.6 Å². The summed E-state index contributed by atoms with van der Waals surface area (Å²) < 4.78 is 26.5. The molecule has 1 amide bonds. The first-order valence-electron chi connectivity index (χ1n) is 5.55. The van der Waals surface area contributed by atoms with E-state index in [1.54, 1.807) is 12.1 Å². The predicted octanol–water partition coefficient (Wildman–Crippen LogP) is -0.314. The van der Waals surface area contributed by atoms with Crippen LogP contribution in [-0.2, 0) is 10.0 Å². The fourth-order valence-corrected chi connectivity index (χ4v) is 2.02. The number of benzene rings is 1. The predicted molar refractivity (Wildman–Crippen MR) is 72.3 cm³/mol. The first kappa shape index (κ1) is 15.3. The monoisotopic (exact) mass is 287 g/mol. The third-order valence-corrected chi connectivity index (χ3v) is 3.22. The van der Waals surface area contributed by atoms with Crippen LogP contribution >= 0.6 is 0 Å². The maximum absolute atomic E-state index is 11.9. The van der Waals surface area contributed by atoms with E-state index in [0.717, 1.165) is 0 Å². The van der Waals surface area contributed by atoms with Crippen LogP contribution in [0.2, 0.25) is 0 Å². The van der Waals surface area contributed by atoms with Crippen LogP contribution in [0.25, 0.3) is 0 Å². The standard InChI is InChI=1S/C11H17N3O4S/c1-18-10-4-3-8(12)7-9(10)11(15)14-5-2-6-19(13,16)17/h3-4,7H,2,5-6,12H2,1H3,(H,14,15)(H2,13,16,17). The van der Waals surface area contributed by atoms with Gasteiger partial charge < -0.3 is 15.8 Å². The zero-order valence-electron chi connectivity index (χ0n) is 10.5. The summed E-state index contributed by atoms with van der Waals surface area (Å²) in [4.78, 5) is 11.9. The molecule has 0 saturated carbocycles. The number of methoxy groups -OCH3 is 1. The van der Waals surface area contributed by atoms with Crippen molar-refractivity contribution >= 4 is 21.6 Å². The largest absolute Gasteiger partial charge is 0.496 e. The maximum Gasteiger partial charge on any atom is 0.255 e. The second kappa shape index (κ2) is 6.39. The minimum atomic E-state index is -3.50. The van der Waals surface area contributed by atoms with Gasteiger partial charge in [-0.1, -0.05) is 0 Å². The highest BCUT2D eigenvalue weighted by atomic mass is 32.2. The Morgan fingerprint density at radius 3 is 2.68 bits per heavy atom. The van der Waals surface area contributed by atoms with Crippen LogP contribution in [0, 0.1) is 0 Å². The number of ether oxygens (including phenoxy) is 1. The molecule has 7 nitrogen and oxygen atoms in total. The number of rotatable bonds is 6. The van der Waals surface area contributed by atoms with Crippen molar-refractivity contribution in [2.24, 2.45) is 5.14 Å². The van der Waals surface area contributed by atoms with Crippen molar-refractivity contribution in [1.82, 2.24) is 5.32 Å². The summed E-state index contributed by atoms with van der Waals surface area (Å²) in [7, 11) is -2.05. The number of carbonyl (C=O) groups is 1. The van der Waals surface area contributed by atoms with Crippen LogP contribution in [-0.4, -0.2) is 33.7 Å². The molecule has 0 aliphatic rings. The van der Waals surface area contributed by atoms with Gasteiger partial charge in [-0.3, -0.25) is 4.79 Å². The molecule has 0 radical (unpaired) electrons. The number of amides is 1. The van der Waals surface area contributed by atoms with Gasteiger partial charge in [0.15, 0.2) is 0 Å². The summed E-state index contributed by atoms with van der Waals surface area (Å²) in [6, 6.07) is 4.71. The van der Waals surface area contributed by atoms with Crippen molar-refractivity contribution in [3.8, 4) is 5.75 Å². The van der Waals surface area contributed by atoms with Gasteiger partial charge in [-0.15, -0.1) is 0 Å². The Balaban J connectivity index is 2.61. The molecule has 1 aromatic carbocycles. The van der Waals surface area contributed by atoms with E-state index in [2.05, 4.69) is 5.32 Å². The van der Waals surface area contributed by atoms with Crippen LogP contribution in [0.4, 0.5) is 5.69 Å². The number of anilines is 1. The van der Waals surface area contributed by atoms with E-state index >= 15 is 0 Å². The molecule has 19 heavy (non-hydrogen) atoms. The second-order valence-electron chi connectivity index (χ2n) is 3.94. The zero-order valence-corrected chi connectivity index (χ0v) is 11.4. The smallest absolute Gasteiger partial charge is 0.255 e. The highest BCUT2D eigenvalue weighted by Gasteiger charge is 2.12. The van der Waals surface area contributed by atoms with Gasteiger partial charge in [0.1, 0.15) is 5.75 Å². The molecule has 1 rings (SSSR count). The number of nitrogens with one attached hydrogen (secondary N) is 1. The Hall–Kier alpha value is -1.80. The molecule has 0 aromatic heterocycles. The molecule has 0 heterocycles. The van der Waals surface area contributed by atoms with Crippen molar-refractivity contribution in [2.75, 3.05) is 25.1 Å². The highest BCUT2D eigenvalue weighted by Crippen LogP contribution is 2.20. The van der Waals surface area contributed by atoms with Crippen LogP contribution < -0.4 is 20.9 Å². The Morgan fingerprint density at radius 2 is 2.11 bits per heavy atom. The molecule has 0 aliphatic heterocycles. The van der Waals surface area contributed by atoms with E-state index in [-0.39, 0.29) is 24.6 Å². The SMILES string of the molecule is COc1ccc(N)cc1C(=O)NCCCS(N)(=O)=O. The van der Waals surface area contributed by atoms with E-state index in [1.165, 1.54) is 13.2 Å². The molecular weight excluding hydrogens is 270 g/mol. The number of nitrogens with two attached hydrogens (primary N) is 2. The summed E-state index contributed by atoms with van der Waals surface area (Å²) in [6.45, 7) is 0.202. The van der Waals surface area contributed by atoms with Gasteiger partial charge in [-0.05, 0) is 24.6 Å². The summed E-state index contributed by atoms with van der Waals surface area (Å²) in [5.41, 5.74) is 6.34.